The van der Waals surface area contributed by atoms with Crippen LogP contribution in [0.15, 0.2) is 41.9 Å². The number of nitrogens with zero attached hydrogens (tertiary/aromatic N) is 1. The molecule has 1 amide bonds. The molecule has 0 radical (unpaired) electrons. The van der Waals surface area contributed by atoms with Crippen LogP contribution in [-0.4, -0.2) is 17.5 Å². The van der Waals surface area contributed by atoms with Crippen molar-refractivity contribution in [2.75, 3.05) is 6.61 Å². The van der Waals surface area contributed by atoms with Gasteiger partial charge in [0.25, 0.3) is 5.91 Å². The highest BCUT2D eigenvalue weighted by atomic mass is 32.1. The van der Waals surface area contributed by atoms with Gasteiger partial charge in [-0.25, -0.2) is 9.37 Å². The number of aromatic nitrogens is 1. The van der Waals surface area contributed by atoms with Crippen LogP contribution in [0.5, 0.6) is 5.75 Å². The maximum absolute atomic E-state index is 14.5. The highest BCUT2D eigenvalue weighted by molar-refractivity contribution is 7.16. The minimum Gasteiger partial charge on any atom is -0.478 e. The van der Waals surface area contributed by atoms with E-state index in [1.165, 1.54) is 11.3 Å². The van der Waals surface area contributed by atoms with Crippen LogP contribution in [0.3, 0.4) is 0 Å². The normalized spacial score (nSPS) is 10.3. The maximum Gasteiger partial charge on any atom is 0.251 e. The summed E-state index contributed by atoms with van der Waals surface area (Å²) >= 11 is 1.47. The van der Waals surface area contributed by atoms with Crippen LogP contribution in [0.2, 0.25) is 0 Å². The molecule has 0 saturated heterocycles. The molecule has 1 N–H and O–H groups in total. The topological polar surface area (TPSA) is 51.2 Å². The number of halogens is 1. The number of rotatable bonds is 6. The van der Waals surface area contributed by atoms with Gasteiger partial charge in [-0.3, -0.25) is 4.79 Å². The summed E-state index contributed by atoms with van der Waals surface area (Å²) in [5, 5.41) is 2.75. The Balaban J connectivity index is 1.62. The van der Waals surface area contributed by atoms with E-state index >= 15 is 0 Å². The number of thiazole rings is 1. The van der Waals surface area contributed by atoms with Gasteiger partial charge in [-0.2, -0.15) is 0 Å². The smallest absolute Gasteiger partial charge is 0.251 e. The molecule has 0 aliphatic carbocycles. The van der Waals surface area contributed by atoms with Crippen molar-refractivity contribution >= 4 is 27.5 Å². The molecule has 4 nitrogen and oxygen atoms in total. The van der Waals surface area contributed by atoms with E-state index in [-0.39, 0.29) is 24.8 Å². The first-order valence-corrected chi connectivity index (χ1v) is 9.54. The molecule has 2 aromatic carbocycles. The summed E-state index contributed by atoms with van der Waals surface area (Å²) in [6.45, 7) is 2.26. The Hall–Kier alpha value is -2.91. The SMILES string of the molecule is CCCC#CCOc1cccc(CNC(=O)c2ccc3ncsc3c2)c1F. The largest absolute Gasteiger partial charge is 0.478 e. The molecular weight excluding hydrogens is 363 g/mol. The molecule has 0 aliphatic heterocycles. The first-order chi connectivity index (χ1) is 13.2. The lowest BCUT2D eigenvalue weighted by Crippen LogP contribution is -2.23. The lowest BCUT2D eigenvalue weighted by atomic mass is 10.1. The Morgan fingerprint density at radius 3 is 3.04 bits per heavy atom. The van der Waals surface area contributed by atoms with Crippen molar-refractivity contribution in [3.8, 4) is 17.6 Å². The predicted molar refractivity (Wildman–Crippen MR) is 105 cm³/mol. The van der Waals surface area contributed by atoms with Gasteiger partial charge in [-0.15, -0.1) is 11.3 Å². The number of fused-ring (bicyclic) bond motifs is 1. The molecule has 0 fully saturated rings. The molecule has 0 aliphatic rings. The maximum atomic E-state index is 14.5. The molecule has 0 spiro atoms. The summed E-state index contributed by atoms with van der Waals surface area (Å²) in [7, 11) is 0. The summed E-state index contributed by atoms with van der Waals surface area (Å²) in [5.41, 5.74) is 3.47. The van der Waals surface area contributed by atoms with E-state index < -0.39 is 5.82 Å². The Kier molecular flexibility index (Phi) is 6.39. The Labute approximate surface area is 161 Å². The van der Waals surface area contributed by atoms with Gasteiger partial charge in [-0.1, -0.05) is 30.9 Å². The van der Waals surface area contributed by atoms with Crippen LogP contribution in [0.4, 0.5) is 4.39 Å². The Bertz CT molecular complexity index is 1000. The van der Waals surface area contributed by atoms with Crippen molar-refractivity contribution in [3.05, 3.63) is 58.9 Å². The molecule has 0 atom stereocenters. The highest BCUT2D eigenvalue weighted by Gasteiger charge is 2.12. The summed E-state index contributed by atoms with van der Waals surface area (Å²) in [6.07, 6.45) is 1.78. The van der Waals surface area contributed by atoms with Gasteiger partial charge in [0.2, 0.25) is 0 Å². The van der Waals surface area contributed by atoms with Crippen LogP contribution >= 0.6 is 11.3 Å². The summed E-state index contributed by atoms with van der Waals surface area (Å²) in [6, 6.07) is 10.2. The second kappa shape index (κ2) is 9.15. The average Bonchev–Trinajstić information content (AvgIpc) is 3.15. The number of hydrogen-bond acceptors (Lipinski definition) is 4. The number of hydrogen-bond donors (Lipinski definition) is 1. The fourth-order valence-corrected chi connectivity index (χ4v) is 3.17. The molecule has 27 heavy (non-hydrogen) atoms. The van der Waals surface area contributed by atoms with Crippen molar-refractivity contribution in [2.24, 2.45) is 0 Å². The summed E-state index contributed by atoms with van der Waals surface area (Å²) in [5.74, 6) is 5.20. The molecule has 138 valence electrons. The third kappa shape index (κ3) is 4.83. The van der Waals surface area contributed by atoms with Crippen molar-refractivity contribution in [3.63, 3.8) is 0 Å². The van der Waals surface area contributed by atoms with E-state index in [4.69, 9.17) is 4.74 Å². The first-order valence-electron chi connectivity index (χ1n) is 8.66. The lowest BCUT2D eigenvalue weighted by Gasteiger charge is -2.10. The molecule has 3 aromatic rings. The number of benzene rings is 2. The third-order valence-corrected chi connectivity index (χ3v) is 4.67. The number of amides is 1. The van der Waals surface area contributed by atoms with Crippen molar-refractivity contribution in [1.82, 2.24) is 10.3 Å². The van der Waals surface area contributed by atoms with E-state index in [2.05, 4.69) is 22.1 Å². The minimum absolute atomic E-state index is 0.0735. The van der Waals surface area contributed by atoms with Gasteiger partial charge in [0.1, 0.15) is 6.61 Å². The summed E-state index contributed by atoms with van der Waals surface area (Å²) < 4.78 is 20.9. The van der Waals surface area contributed by atoms with E-state index in [0.717, 1.165) is 23.1 Å². The zero-order chi connectivity index (χ0) is 19.1. The zero-order valence-corrected chi connectivity index (χ0v) is 15.7. The van der Waals surface area contributed by atoms with E-state index in [1.54, 1.807) is 41.9 Å². The van der Waals surface area contributed by atoms with Gasteiger partial charge < -0.3 is 10.1 Å². The standard InChI is InChI=1S/C21H19FN2O2S/c1-2-3-4-5-11-26-18-8-6-7-16(20(18)22)13-23-21(25)15-9-10-17-19(12-15)27-14-24-17/h6-10,12,14H,2-3,11,13H2,1H3,(H,23,25). The monoisotopic (exact) mass is 382 g/mol. The quantitative estimate of drug-likeness (QED) is 0.637. The second-order valence-electron chi connectivity index (χ2n) is 5.84. The number of carbonyl (C=O) groups is 1. The van der Waals surface area contributed by atoms with E-state index in [1.807, 2.05) is 6.92 Å². The van der Waals surface area contributed by atoms with E-state index in [9.17, 15) is 9.18 Å². The summed E-state index contributed by atoms with van der Waals surface area (Å²) in [4.78, 5) is 16.5. The van der Waals surface area contributed by atoms with Crippen LogP contribution < -0.4 is 10.1 Å². The lowest BCUT2D eigenvalue weighted by molar-refractivity contribution is 0.0950. The van der Waals surface area contributed by atoms with Crippen molar-refractivity contribution in [1.29, 1.82) is 0 Å². The molecule has 3 rings (SSSR count). The van der Waals surface area contributed by atoms with Gasteiger partial charge in [0, 0.05) is 24.1 Å². The number of carbonyl (C=O) groups excluding carboxylic acids is 1. The molecule has 0 saturated carbocycles. The predicted octanol–water partition coefficient (Wildman–Crippen LogP) is 4.55. The molecule has 0 bridgehead atoms. The number of nitrogens with one attached hydrogen (secondary N) is 1. The molecular formula is C21H19FN2O2S. The van der Waals surface area contributed by atoms with Crippen LogP contribution in [0.1, 0.15) is 35.7 Å². The third-order valence-electron chi connectivity index (χ3n) is 3.88. The fraction of sp³-hybridized carbons (Fsp3) is 0.238. The molecule has 0 unspecified atom stereocenters. The average molecular weight is 382 g/mol. The molecule has 1 aromatic heterocycles. The highest BCUT2D eigenvalue weighted by Crippen LogP contribution is 2.21. The minimum atomic E-state index is -0.479. The van der Waals surface area contributed by atoms with Crippen LogP contribution in [0.25, 0.3) is 10.2 Å². The Morgan fingerprint density at radius 2 is 2.19 bits per heavy atom. The van der Waals surface area contributed by atoms with Gasteiger partial charge >= 0.3 is 0 Å². The Morgan fingerprint density at radius 1 is 1.30 bits per heavy atom. The van der Waals surface area contributed by atoms with Gasteiger partial charge in [0.15, 0.2) is 11.6 Å². The van der Waals surface area contributed by atoms with E-state index in [0.29, 0.717) is 11.1 Å². The molecule has 6 heteroatoms. The molecule has 1 heterocycles. The number of ether oxygens (including phenoxy) is 1. The van der Waals surface area contributed by atoms with Crippen molar-refractivity contribution < 1.29 is 13.9 Å². The van der Waals surface area contributed by atoms with Gasteiger partial charge in [0.05, 0.1) is 15.7 Å². The zero-order valence-electron chi connectivity index (χ0n) is 14.9. The van der Waals surface area contributed by atoms with Crippen LogP contribution in [0, 0.1) is 17.7 Å². The number of unbranched alkanes of at least 4 members (excludes halogenated alkanes) is 1. The fourth-order valence-electron chi connectivity index (χ4n) is 2.46. The van der Waals surface area contributed by atoms with Crippen LogP contribution in [-0.2, 0) is 6.54 Å². The van der Waals surface area contributed by atoms with Crippen molar-refractivity contribution in [2.45, 2.75) is 26.3 Å². The first kappa shape index (κ1) is 18.9. The van der Waals surface area contributed by atoms with Gasteiger partial charge in [-0.05, 0) is 30.7 Å². The second-order valence-corrected chi connectivity index (χ2v) is 6.73.